The van der Waals surface area contributed by atoms with Crippen molar-refractivity contribution < 1.29 is 27.9 Å². The third-order valence-corrected chi connectivity index (χ3v) is 6.72. The molecule has 0 spiro atoms. The lowest BCUT2D eigenvalue weighted by molar-refractivity contribution is -0.134. The van der Waals surface area contributed by atoms with Crippen LogP contribution >= 0.6 is 7.60 Å². The number of ether oxygens (including phenoxy) is 2. The fraction of sp³-hybridized carbons (Fsp3) is 0.261. The summed E-state index contributed by atoms with van der Waals surface area (Å²) in [5.74, 6) is 0.628. The van der Waals surface area contributed by atoms with Crippen molar-refractivity contribution in [1.82, 2.24) is 0 Å². The van der Waals surface area contributed by atoms with Crippen molar-refractivity contribution in [3.8, 4) is 11.5 Å². The lowest BCUT2D eigenvalue weighted by Crippen LogP contribution is -2.11. The van der Waals surface area contributed by atoms with Crippen molar-refractivity contribution in [3.63, 3.8) is 0 Å². The van der Waals surface area contributed by atoms with Gasteiger partial charge in [0.25, 0.3) is 0 Å². The monoisotopic (exact) mass is 428 g/mol. The summed E-state index contributed by atoms with van der Waals surface area (Å²) in [6.45, 7) is 5.85. The molecule has 1 unspecified atom stereocenters. The van der Waals surface area contributed by atoms with Gasteiger partial charge in [0.05, 0.1) is 26.1 Å². The molecular weight excluding hydrogens is 403 g/mol. The zero-order valence-corrected chi connectivity index (χ0v) is 18.6. The van der Waals surface area contributed by atoms with E-state index >= 15 is 0 Å². The van der Waals surface area contributed by atoms with Crippen LogP contribution in [-0.4, -0.2) is 26.8 Å². The Labute approximate surface area is 176 Å². The zero-order valence-electron chi connectivity index (χ0n) is 17.7. The molecule has 0 saturated carbocycles. The van der Waals surface area contributed by atoms with Crippen LogP contribution in [-0.2, 0) is 18.6 Å². The van der Waals surface area contributed by atoms with Crippen LogP contribution < -0.4 is 9.26 Å². The van der Waals surface area contributed by atoms with E-state index in [1.54, 1.807) is 14.0 Å². The summed E-state index contributed by atoms with van der Waals surface area (Å²) in [7, 11) is -0.868. The molecule has 3 rings (SSSR count). The van der Waals surface area contributed by atoms with Crippen LogP contribution in [0.2, 0.25) is 0 Å². The second kappa shape index (κ2) is 8.90. The summed E-state index contributed by atoms with van der Waals surface area (Å²) in [4.78, 5) is 11.8. The van der Waals surface area contributed by atoms with Crippen LogP contribution in [0.25, 0.3) is 5.57 Å². The van der Waals surface area contributed by atoms with E-state index in [1.807, 2.05) is 50.2 Å². The molecular formula is C23H25O6P. The maximum absolute atomic E-state index is 13.8. The molecule has 1 atom stereocenters. The van der Waals surface area contributed by atoms with Crippen molar-refractivity contribution in [1.29, 1.82) is 0 Å². The van der Waals surface area contributed by atoms with Crippen LogP contribution in [0.4, 0.5) is 0 Å². The Kier molecular flexibility index (Phi) is 6.49. The second-order valence-corrected chi connectivity index (χ2v) is 8.72. The highest BCUT2D eigenvalue weighted by atomic mass is 31.2. The number of aryl methyl sites for hydroxylation is 2. The van der Waals surface area contributed by atoms with Crippen LogP contribution in [0.5, 0.6) is 11.5 Å². The first-order valence-corrected chi connectivity index (χ1v) is 11.1. The molecule has 2 aromatic carbocycles. The van der Waals surface area contributed by atoms with E-state index < -0.39 is 13.6 Å². The maximum Gasteiger partial charge on any atom is 0.411 e. The molecule has 2 aromatic rings. The number of esters is 1. The molecule has 6 nitrogen and oxygen atoms in total. The smallest absolute Gasteiger partial charge is 0.411 e. The molecule has 1 aliphatic rings. The minimum Gasteiger partial charge on any atom is -0.497 e. The molecule has 1 heterocycles. The number of methoxy groups -OCH3 is 2. The first-order chi connectivity index (χ1) is 14.3. The van der Waals surface area contributed by atoms with Gasteiger partial charge in [-0.2, -0.15) is 0 Å². The average Bonchev–Trinajstić information content (AvgIpc) is 2.71. The van der Waals surface area contributed by atoms with Crippen molar-refractivity contribution in [2.75, 3.05) is 20.8 Å². The van der Waals surface area contributed by atoms with Crippen molar-refractivity contribution in [2.24, 2.45) is 0 Å². The minimum absolute atomic E-state index is 0.183. The van der Waals surface area contributed by atoms with Gasteiger partial charge < -0.3 is 14.0 Å². The summed E-state index contributed by atoms with van der Waals surface area (Å²) in [6.07, 6.45) is 2.69. The predicted molar refractivity (Wildman–Crippen MR) is 116 cm³/mol. The molecule has 0 radical (unpaired) electrons. The number of carbonyl (C=O) groups is 1. The Morgan fingerprint density at radius 1 is 1.13 bits per heavy atom. The largest absolute Gasteiger partial charge is 0.497 e. The Bertz CT molecular complexity index is 1070. The van der Waals surface area contributed by atoms with Crippen LogP contribution in [0.1, 0.15) is 29.2 Å². The number of benzene rings is 2. The van der Waals surface area contributed by atoms with Gasteiger partial charge in [-0.25, -0.2) is 9.36 Å². The van der Waals surface area contributed by atoms with E-state index in [0.29, 0.717) is 22.4 Å². The summed E-state index contributed by atoms with van der Waals surface area (Å²) < 4.78 is 35.4. The van der Waals surface area contributed by atoms with Crippen LogP contribution in [0.15, 0.2) is 53.9 Å². The third-order valence-electron chi connectivity index (χ3n) is 4.72. The van der Waals surface area contributed by atoms with Gasteiger partial charge in [-0.3, -0.25) is 4.52 Å². The van der Waals surface area contributed by atoms with Crippen LogP contribution in [0, 0.1) is 13.8 Å². The van der Waals surface area contributed by atoms with E-state index in [9.17, 15) is 9.36 Å². The molecule has 0 fully saturated rings. The zero-order chi connectivity index (χ0) is 21.9. The molecule has 1 aliphatic heterocycles. The number of hydrogen-bond donors (Lipinski definition) is 0. The Morgan fingerprint density at radius 3 is 2.43 bits per heavy atom. The molecule has 0 bridgehead atoms. The lowest BCUT2D eigenvalue weighted by Gasteiger charge is -2.30. The maximum atomic E-state index is 13.8. The Morgan fingerprint density at radius 2 is 1.83 bits per heavy atom. The highest BCUT2D eigenvalue weighted by molar-refractivity contribution is 7.59. The minimum atomic E-state index is -3.75. The Hall–Kier alpha value is -2.82. The number of allylic oxidation sites excluding steroid dienone is 2. The van der Waals surface area contributed by atoms with Gasteiger partial charge in [0.15, 0.2) is 0 Å². The lowest BCUT2D eigenvalue weighted by atomic mass is 9.91. The van der Waals surface area contributed by atoms with Gasteiger partial charge in [-0.15, -0.1) is 0 Å². The van der Waals surface area contributed by atoms with Crippen molar-refractivity contribution in [3.05, 3.63) is 76.1 Å². The molecule has 7 heteroatoms. The highest BCUT2D eigenvalue weighted by Gasteiger charge is 2.40. The number of hydrogen-bond acceptors (Lipinski definition) is 6. The fourth-order valence-electron chi connectivity index (χ4n) is 3.47. The van der Waals surface area contributed by atoms with Gasteiger partial charge in [-0.1, -0.05) is 18.2 Å². The number of rotatable bonds is 6. The first-order valence-electron chi connectivity index (χ1n) is 9.54. The highest BCUT2D eigenvalue weighted by Crippen LogP contribution is 2.64. The quantitative estimate of drug-likeness (QED) is 0.347. The topological polar surface area (TPSA) is 71.1 Å². The molecule has 30 heavy (non-hydrogen) atoms. The van der Waals surface area contributed by atoms with E-state index in [2.05, 4.69) is 0 Å². The predicted octanol–water partition coefficient (Wildman–Crippen LogP) is 5.42. The van der Waals surface area contributed by atoms with Gasteiger partial charge in [0.2, 0.25) is 0 Å². The van der Waals surface area contributed by atoms with Crippen LogP contribution in [0.3, 0.4) is 0 Å². The van der Waals surface area contributed by atoms with E-state index in [1.165, 1.54) is 19.3 Å². The number of carbonyl (C=O) groups excluding carboxylic acids is 1. The summed E-state index contributed by atoms with van der Waals surface area (Å²) >= 11 is 0. The van der Waals surface area contributed by atoms with Crippen molar-refractivity contribution >= 4 is 19.1 Å². The summed E-state index contributed by atoms with van der Waals surface area (Å²) in [5, 5.41) is 0.305. The van der Waals surface area contributed by atoms with E-state index in [4.69, 9.17) is 18.5 Å². The third kappa shape index (κ3) is 4.20. The van der Waals surface area contributed by atoms with Gasteiger partial charge in [-0.05, 0) is 61.7 Å². The number of fused-ring (bicyclic) bond motifs is 1. The molecule has 0 amide bonds. The molecule has 0 N–H and O–H groups in total. The molecule has 0 aliphatic carbocycles. The Balaban J connectivity index is 2.37. The summed E-state index contributed by atoms with van der Waals surface area (Å²) in [6, 6.07) is 11.3. The van der Waals surface area contributed by atoms with Gasteiger partial charge in [0, 0.05) is 17.2 Å². The van der Waals surface area contributed by atoms with E-state index in [-0.39, 0.29) is 6.61 Å². The normalized spacial score (nSPS) is 18.2. The standard InChI is InChI=1S/C23H25O6P/c1-6-28-30(25)20(11-12-21(24)27-5)23(17-7-9-18(26-4)10-8-17)22-16(3)13-15(2)14-19(22)29-30/h7-14H,6H2,1-5H3/b12-11+. The first kappa shape index (κ1) is 21.9. The molecule has 158 valence electrons. The average molecular weight is 428 g/mol. The second-order valence-electron chi connectivity index (χ2n) is 6.81. The summed E-state index contributed by atoms with van der Waals surface area (Å²) in [5.41, 5.74) is 4.24. The fourth-order valence-corrected chi connectivity index (χ4v) is 5.27. The van der Waals surface area contributed by atoms with Crippen molar-refractivity contribution in [2.45, 2.75) is 20.8 Å². The van der Waals surface area contributed by atoms with E-state index in [0.717, 1.165) is 22.3 Å². The molecule has 0 aromatic heterocycles. The van der Waals surface area contributed by atoms with Gasteiger partial charge in [0.1, 0.15) is 11.5 Å². The van der Waals surface area contributed by atoms with Gasteiger partial charge >= 0.3 is 13.6 Å². The SMILES string of the molecule is CCOP1(=O)Oc2cc(C)cc(C)c2C(c2ccc(OC)cc2)=C1/C=C/C(=O)OC. The molecule has 0 saturated heterocycles.